The van der Waals surface area contributed by atoms with Crippen LogP contribution in [-0.2, 0) is 0 Å². The Bertz CT molecular complexity index is 1700. The van der Waals surface area contributed by atoms with Gasteiger partial charge in [-0.3, -0.25) is 0 Å². The van der Waals surface area contributed by atoms with E-state index >= 15 is 0 Å². The molecule has 0 saturated heterocycles. The molecule has 0 aliphatic carbocycles. The highest BCUT2D eigenvalue weighted by Gasteiger charge is 2.12. The van der Waals surface area contributed by atoms with E-state index in [0.29, 0.717) is 0 Å². The molecule has 0 saturated carbocycles. The Balaban J connectivity index is 1.22. The average molecular weight is 751 g/mol. The first-order valence-electron chi connectivity index (χ1n) is 22.5. The summed E-state index contributed by atoms with van der Waals surface area (Å²) >= 11 is 0. The number of para-hydroxylation sites is 2. The maximum Gasteiger partial charge on any atom is 0.126 e. The fourth-order valence-electron chi connectivity index (χ4n) is 7.94. The first kappa shape index (κ1) is 42.8. The topological polar surface area (TPSA) is 18.5 Å². The molecule has 0 aromatic heterocycles. The van der Waals surface area contributed by atoms with Gasteiger partial charge in [0.2, 0.25) is 0 Å². The molecule has 5 aromatic rings. The molecular weight excluding hydrogens is 681 g/mol. The van der Waals surface area contributed by atoms with E-state index < -0.39 is 0 Å². The minimum Gasteiger partial charge on any atom is -0.493 e. The van der Waals surface area contributed by atoms with Crippen molar-refractivity contribution in [3.05, 3.63) is 119 Å². The summed E-state index contributed by atoms with van der Waals surface area (Å²) in [4.78, 5) is 0. The van der Waals surface area contributed by atoms with Crippen LogP contribution >= 0.6 is 0 Å². The Kier molecular flexibility index (Phi) is 19.7. The van der Waals surface area contributed by atoms with Crippen LogP contribution < -0.4 is 9.47 Å². The highest BCUT2D eigenvalue weighted by atomic mass is 16.5. The lowest BCUT2D eigenvalue weighted by atomic mass is 9.90. The zero-order valence-electron chi connectivity index (χ0n) is 34.9. The van der Waals surface area contributed by atoms with Gasteiger partial charge in [-0.25, -0.2) is 0 Å². The van der Waals surface area contributed by atoms with Crippen LogP contribution in [0.3, 0.4) is 0 Å². The molecule has 0 fully saturated rings. The van der Waals surface area contributed by atoms with Crippen molar-refractivity contribution in [1.82, 2.24) is 0 Å². The molecule has 0 bridgehead atoms. The fourth-order valence-corrected chi connectivity index (χ4v) is 7.94. The summed E-state index contributed by atoms with van der Waals surface area (Å²) in [6.45, 7) is 6.10. The van der Waals surface area contributed by atoms with E-state index in [1.165, 1.54) is 148 Å². The van der Waals surface area contributed by atoms with Crippen molar-refractivity contribution in [2.24, 2.45) is 0 Å². The van der Waals surface area contributed by atoms with Crippen molar-refractivity contribution < 1.29 is 9.47 Å². The summed E-state index contributed by atoms with van der Waals surface area (Å²) in [5.41, 5.74) is 4.70. The largest absolute Gasteiger partial charge is 0.493 e. The number of ether oxygens (including phenoxy) is 2. The third-order valence-electron chi connectivity index (χ3n) is 11.2. The molecule has 0 unspecified atom stereocenters. The summed E-state index contributed by atoms with van der Waals surface area (Å²) in [7, 11) is 0. The van der Waals surface area contributed by atoms with E-state index in [1.807, 2.05) is 0 Å². The van der Waals surface area contributed by atoms with Gasteiger partial charge in [-0.15, -0.1) is 0 Å². The summed E-state index contributed by atoms with van der Waals surface area (Å²) < 4.78 is 12.7. The SMILES string of the molecule is CCCCCCCCCCCCOc1ccccc1C=Cc1c2ccccc2c(C=Cc2ccccc2OCCCCCCCCCCCC)c2ccccc12. The highest BCUT2D eigenvalue weighted by Crippen LogP contribution is 2.36. The summed E-state index contributed by atoms with van der Waals surface area (Å²) in [5, 5.41) is 4.99. The molecule has 0 heterocycles. The van der Waals surface area contributed by atoms with E-state index in [-0.39, 0.29) is 0 Å². The molecular formula is C54H70O2. The zero-order chi connectivity index (χ0) is 38.9. The molecule has 2 heteroatoms. The molecule has 298 valence electrons. The van der Waals surface area contributed by atoms with Crippen LogP contribution in [0.5, 0.6) is 11.5 Å². The van der Waals surface area contributed by atoms with Crippen LogP contribution in [0, 0.1) is 0 Å². The van der Waals surface area contributed by atoms with Crippen molar-refractivity contribution in [3.63, 3.8) is 0 Å². The van der Waals surface area contributed by atoms with Crippen LogP contribution in [0.4, 0.5) is 0 Å². The second-order valence-electron chi connectivity index (χ2n) is 15.7. The lowest BCUT2D eigenvalue weighted by molar-refractivity contribution is 0.303. The van der Waals surface area contributed by atoms with Gasteiger partial charge in [0, 0.05) is 11.1 Å². The third-order valence-corrected chi connectivity index (χ3v) is 11.2. The van der Waals surface area contributed by atoms with Crippen molar-refractivity contribution in [3.8, 4) is 11.5 Å². The molecule has 2 nitrogen and oxygen atoms in total. The predicted octanol–water partition coefficient (Wildman–Crippen LogP) is 16.9. The number of hydrogen-bond acceptors (Lipinski definition) is 2. The molecule has 5 rings (SSSR count). The minimum absolute atomic E-state index is 0.766. The zero-order valence-corrected chi connectivity index (χ0v) is 34.9. The fraction of sp³-hybridized carbons (Fsp3) is 0.444. The molecule has 0 radical (unpaired) electrons. The van der Waals surface area contributed by atoms with Gasteiger partial charge in [-0.05, 0) is 57.6 Å². The van der Waals surface area contributed by atoms with Gasteiger partial charge in [0.25, 0.3) is 0 Å². The van der Waals surface area contributed by atoms with Gasteiger partial charge < -0.3 is 9.47 Å². The van der Waals surface area contributed by atoms with Gasteiger partial charge in [-0.1, -0.05) is 239 Å². The van der Waals surface area contributed by atoms with E-state index in [2.05, 4.69) is 135 Å². The number of unbranched alkanes of at least 4 members (excludes halogenated alkanes) is 18. The van der Waals surface area contributed by atoms with E-state index in [1.54, 1.807) is 0 Å². The van der Waals surface area contributed by atoms with Gasteiger partial charge in [0.05, 0.1) is 13.2 Å². The van der Waals surface area contributed by atoms with Crippen LogP contribution in [-0.4, -0.2) is 13.2 Å². The predicted molar refractivity (Wildman–Crippen MR) is 247 cm³/mol. The Hall–Kier alpha value is -4.30. The average Bonchev–Trinajstić information content (AvgIpc) is 3.24. The Labute approximate surface area is 340 Å². The number of rotatable bonds is 28. The van der Waals surface area contributed by atoms with Crippen molar-refractivity contribution in [2.45, 2.75) is 142 Å². The van der Waals surface area contributed by atoms with Crippen molar-refractivity contribution in [2.75, 3.05) is 13.2 Å². The number of hydrogen-bond donors (Lipinski definition) is 0. The first-order chi connectivity index (χ1) is 27.8. The van der Waals surface area contributed by atoms with E-state index in [4.69, 9.17) is 9.47 Å². The monoisotopic (exact) mass is 751 g/mol. The smallest absolute Gasteiger partial charge is 0.126 e. The number of benzene rings is 5. The molecule has 5 aromatic carbocycles. The van der Waals surface area contributed by atoms with Gasteiger partial charge >= 0.3 is 0 Å². The molecule has 0 spiro atoms. The first-order valence-corrected chi connectivity index (χ1v) is 22.5. The molecule has 0 amide bonds. The van der Waals surface area contributed by atoms with Gasteiger partial charge in [0.15, 0.2) is 0 Å². The number of fused-ring (bicyclic) bond motifs is 2. The quantitative estimate of drug-likeness (QED) is 0.0288. The van der Waals surface area contributed by atoms with Gasteiger partial charge in [0.1, 0.15) is 11.5 Å². The van der Waals surface area contributed by atoms with Crippen molar-refractivity contribution in [1.29, 1.82) is 0 Å². The maximum atomic E-state index is 6.37. The second kappa shape index (κ2) is 25.8. The van der Waals surface area contributed by atoms with E-state index in [9.17, 15) is 0 Å². The Morgan fingerprint density at radius 1 is 0.321 bits per heavy atom. The van der Waals surface area contributed by atoms with E-state index in [0.717, 1.165) is 48.7 Å². The summed E-state index contributed by atoms with van der Waals surface area (Å²) in [6, 6.07) is 34.6. The summed E-state index contributed by atoms with van der Waals surface area (Å²) in [6.07, 6.45) is 35.6. The second-order valence-corrected chi connectivity index (χ2v) is 15.7. The third kappa shape index (κ3) is 14.0. The molecule has 0 N–H and O–H groups in total. The Morgan fingerprint density at radius 3 is 0.946 bits per heavy atom. The molecule has 0 atom stereocenters. The molecule has 0 aliphatic heterocycles. The summed E-state index contributed by atoms with van der Waals surface area (Å²) in [5.74, 6) is 1.92. The highest BCUT2D eigenvalue weighted by molar-refractivity contribution is 6.14. The van der Waals surface area contributed by atoms with Gasteiger partial charge in [-0.2, -0.15) is 0 Å². The standard InChI is InChI=1S/C54H70O2/c1-3-5-7-9-11-13-15-17-19-29-43-55-53-37-27-21-31-45(53)39-41-51-47-33-23-25-35-49(47)52(50-36-26-24-34-48(50)51)42-40-46-32-22-28-38-54(46)56-44-30-20-18-16-14-12-10-8-6-4-2/h21-28,31-42H,3-20,29-30,43-44H2,1-2H3. The normalized spacial score (nSPS) is 11.8. The lowest BCUT2D eigenvalue weighted by Crippen LogP contribution is -1.99. The van der Waals surface area contributed by atoms with Crippen molar-refractivity contribution >= 4 is 45.8 Å². The lowest BCUT2D eigenvalue weighted by Gasteiger charge is -2.14. The maximum absolute atomic E-state index is 6.37. The van der Waals surface area contributed by atoms with Crippen LogP contribution in [0.25, 0.3) is 45.8 Å². The molecule has 0 aliphatic rings. The Morgan fingerprint density at radius 2 is 0.607 bits per heavy atom. The van der Waals surface area contributed by atoms with Crippen LogP contribution in [0.2, 0.25) is 0 Å². The minimum atomic E-state index is 0.766. The van der Waals surface area contributed by atoms with Crippen LogP contribution in [0.15, 0.2) is 97.1 Å². The molecule has 56 heavy (non-hydrogen) atoms. The van der Waals surface area contributed by atoms with Crippen LogP contribution in [0.1, 0.15) is 165 Å².